The lowest BCUT2D eigenvalue weighted by Gasteiger charge is -2.31. The third-order valence-corrected chi connectivity index (χ3v) is 3.22. The number of hydrogen-bond acceptors (Lipinski definition) is 3. The number of rotatable bonds is 3. The molecule has 1 saturated heterocycles. The number of nitrogens with one attached hydrogen (secondary N) is 1. The zero-order valence-electron chi connectivity index (χ0n) is 9.35. The first-order chi connectivity index (χ1) is 7.81. The first-order valence-corrected chi connectivity index (χ1v) is 5.79. The topological polar surface area (TPSA) is 75.0 Å². The van der Waals surface area contributed by atoms with Gasteiger partial charge in [0.1, 0.15) is 0 Å². The van der Waals surface area contributed by atoms with E-state index in [2.05, 4.69) is 10.2 Å². The summed E-state index contributed by atoms with van der Waals surface area (Å²) in [5, 5.41) is 6.46. The largest absolute Gasteiger partial charge is 0.339 e. The number of carbonyl (C=O) groups excluding carboxylic acids is 1. The number of nitrogens with two attached hydrogens (primary N) is 1. The maximum absolute atomic E-state index is 12.0. The Morgan fingerprint density at radius 1 is 1.56 bits per heavy atom. The van der Waals surface area contributed by atoms with E-state index >= 15 is 0 Å². The highest BCUT2D eigenvalue weighted by atomic mass is 16.2. The molecule has 0 aromatic carbocycles. The van der Waals surface area contributed by atoms with Crippen molar-refractivity contribution in [2.24, 2.45) is 11.7 Å². The molecule has 2 heterocycles. The van der Waals surface area contributed by atoms with Gasteiger partial charge in [-0.3, -0.25) is 9.89 Å². The Morgan fingerprint density at radius 3 is 2.88 bits per heavy atom. The van der Waals surface area contributed by atoms with Gasteiger partial charge >= 0.3 is 0 Å². The molecule has 0 spiro atoms. The highest BCUT2D eigenvalue weighted by Crippen LogP contribution is 2.20. The standard InChI is InChI=1S/C11H18N4O/c12-4-1-9-2-5-15(6-3-9)11(16)10-7-13-14-8-10/h7-9H,1-6,12H2,(H,13,14). The zero-order valence-corrected chi connectivity index (χ0v) is 9.35. The Bertz CT molecular complexity index is 328. The molecule has 1 aliphatic rings. The second kappa shape index (κ2) is 5.12. The van der Waals surface area contributed by atoms with Gasteiger partial charge in [-0.05, 0) is 31.7 Å². The molecule has 88 valence electrons. The van der Waals surface area contributed by atoms with Crippen molar-refractivity contribution in [3.8, 4) is 0 Å². The summed E-state index contributed by atoms with van der Waals surface area (Å²) in [5.74, 6) is 0.776. The molecule has 1 aromatic heterocycles. The van der Waals surface area contributed by atoms with Crippen LogP contribution in [0.5, 0.6) is 0 Å². The molecule has 0 aliphatic carbocycles. The van der Waals surface area contributed by atoms with Gasteiger partial charge in [-0.2, -0.15) is 5.10 Å². The SMILES string of the molecule is NCCC1CCN(C(=O)c2cn[nH]c2)CC1. The molecule has 0 atom stereocenters. The zero-order chi connectivity index (χ0) is 11.4. The molecule has 0 bridgehead atoms. The van der Waals surface area contributed by atoms with Crippen molar-refractivity contribution in [1.29, 1.82) is 0 Å². The Balaban J connectivity index is 1.87. The second-order valence-corrected chi connectivity index (χ2v) is 4.30. The number of aromatic amines is 1. The van der Waals surface area contributed by atoms with E-state index in [0.29, 0.717) is 11.5 Å². The van der Waals surface area contributed by atoms with Gasteiger partial charge in [0.2, 0.25) is 0 Å². The third kappa shape index (κ3) is 2.41. The van der Waals surface area contributed by atoms with Crippen molar-refractivity contribution in [3.63, 3.8) is 0 Å². The molecule has 0 saturated carbocycles. The molecule has 1 aromatic rings. The molecule has 0 unspecified atom stereocenters. The van der Waals surface area contributed by atoms with Crippen molar-refractivity contribution in [3.05, 3.63) is 18.0 Å². The summed E-state index contributed by atoms with van der Waals surface area (Å²) in [4.78, 5) is 13.9. The van der Waals surface area contributed by atoms with E-state index in [1.807, 2.05) is 4.90 Å². The molecule has 1 fully saturated rings. The van der Waals surface area contributed by atoms with Crippen LogP contribution in [0.3, 0.4) is 0 Å². The number of likely N-dealkylation sites (tertiary alicyclic amines) is 1. The van der Waals surface area contributed by atoms with Crippen molar-refractivity contribution >= 4 is 5.91 Å². The minimum absolute atomic E-state index is 0.0833. The number of amides is 1. The fourth-order valence-electron chi connectivity index (χ4n) is 2.21. The molecule has 1 aliphatic heterocycles. The minimum atomic E-state index is 0.0833. The highest BCUT2D eigenvalue weighted by Gasteiger charge is 2.23. The molecular weight excluding hydrogens is 204 g/mol. The highest BCUT2D eigenvalue weighted by molar-refractivity contribution is 5.93. The van der Waals surface area contributed by atoms with E-state index in [4.69, 9.17) is 5.73 Å². The average molecular weight is 222 g/mol. The van der Waals surface area contributed by atoms with Crippen molar-refractivity contribution in [1.82, 2.24) is 15.1 Å². The normalized spacial score (nSPS) is 17.7. The summed E-state index contributed by atoms with van der Waals surface area (Å²) >= 11 is 0. The first kappa shape index (κ1) is 11.1. The molecule has 16 heavy (non-hydrogen) atoms. The number of carbonyl (C=O) groups is 1. The molecule has 2 rings (SSSR count). The van der Waals surface area contributed by atoms with E-state index in [1.165, 1.54) is 0 Å². The number of piperidine rings is 1. The summed E-state index contributed by atoms with van der Waals surface area (Å²) in [5.41, 5.74) is 6.19. The summed E-state index contributed by atoms with van der Waals surface area (Å²) in [6.45, 7) is 2.43. The summed E-state index contributed by atoms with van der Waals surface area (Å²) in [6, 6.07) is 0. The van der Waals surface area contributed by atoms with Crippen molar-refractivity contribution < 1.29 is 4.79 Å². The number of aromatic nitrogens is 2. The van der Waals surface area contributed by atoms with Crippen LogP contribution in [0.1, 0.15) is 29.6 Å². The Kier molecular flexibility index (Phi) is 3.56. The smallest absolute Gasteiger partial charge is 0.257 e. The van der Waals surface area contributed by atoms with E-state index in [9.17, 15) is 4.79 Å². The molecule has 1 amide bonds. The van der Waals surface area contributed by atoms with Gasteiger partial charge in [0.15, 0.2) is 0 Å². The van der Waals surface area contributed by atoms with Crippen LogP contribution in [0.15, 0.2) is 12.4 Å². The lowest BCUT2D eigenvalue weighted by molar-refractivity contribution is 0.0688. The maximum Gasteiger partial charge on any atom is 0.257 e. The van der Waals surface area contributed by atoms with Crippen LogP contribution in [0.4, 0.5) is 0 Å². The fraction of sp³-hybridized carbons (Fsp3) is 0.636. The van der Waals surface area contributed by atoms with Crippen LogP contribution in [0, 0.1) is 5.92 Å². The van der Waals surface area contributed by atoms with Crippen LogP contribution < -0.4 is 5.73 Å². The molecular formula is C11H18N4O. The van der Waals surface area contributed by atoms with Crippen molar-refractivity contribution in [2.45, 2.75) is 19.3 Å². The van der Waals surface area contributed by atoms with Gasteiger partial charge in [-0.25, -0.2) is 0 Å². The van der Waals surface area contributed by atoms with Crippen LogP contribution in [0.25, 0.3) is 0 Å². The molecule has 0 radical (unpaired) electrons. The molecule has 5 nitrogen and oxygen atoms in total. The van der Waals surface area contributed by atoms with Crippen LogP contribution in [-0.4, -0.2) is 40.6 Å². The monoisotopic (exact) mass is 222 g/mol. The van der Waals surface area contributed by atoms with Gasteiger partial charge in [-0.1, -0.05) is 0 Å². The van der Waals surface area contributed by atoms with E-state index in [1.54, 1.807) is 12.4 Å². The van der Waals surface area contributed by atoms with Gasteiger partial charge < -0.3 is 10.6 Å². The van der Waals surface area contributed by atoms with Crippen LogP contribution in [0.2, 0.25) is 0 Å². The number of H-pyrrole nitrogens is 1. The first-order valence-electron chi connectivity index (χ1n) is 5.79. The third-order valence-electron chi connectivity index (χ3n) is 3.22. The van der Waals surface area contributed by atoms with Gasteiger partial charge in [-0.15, -0.1) is 0 Å². The van der Waals surface area contributed by atoms with Gasteiger partial charge in [0.25, 0.3) is 5.91 Å². The average Bonchev–Trinajstić information content (AvgIpc) is 2.83. The summed E-state index contributed by atoms with van der Waals surface area (Å²) in [6.07, 6.45) is 6.44. The predicted molar refractivity (Wildman–Crippen MR) is 60.9 cm³/mol. The molecule has 3 N–H and O–H groups in total. The van der Waals surface area contributed by atoms with E-state index < -0.39 is 0 Å². The quantitative estimate of drug-likeness (QED) is 0.786. The lowest BCUT2D eigenvalue weighted by Crippen LogP contribution is -2.38. The van der Waals surface area contributed by atoms with Gasteiger partial charge in [0.05, 0.1) is 11.8 Å². The Morgan fingerprint density at radius 2 is 2.31 bits per heavy atom. The lowest BCUT2D eigenvalue weighted by atomic mass is 9.93. The Hall–Kier alpha value is -1.36. The Labute approximate surface area is 95.0 Å². The van der Waals surface area contributed by atoms with Crippen molar-refractivity contribution in [2.75, 3.05) is 19.6 Å². The molecule has 5 heteroatoms. The summed E-state index contributed by atoms with van der Waals surface area (Å²) < 4.78 is 0. The van der Waals surface area contributed by atoms with E-state index in [0.717, 1.165) is 38.9 Å². The number of hydrogen-bond donors (Lipinski definition) is 2. The maximum atomic E-state index is 12.0. The second-order valence-electron chi connectivity index (χ2n) is 4.30. The number of nitrogens with zero attached hydrogens (tertiary/aromatic N) is 2. The van der Waals surface area contributed by atoms with E-state index in [-0.39, 0.29) is 5.91 Å². The van der Waals surface area contributed by atoms with Crippen LogP contribution >= 0.6 is 0 Å². The van der Waals surface area contributed by atoms with Gasteiger partial charge in [0, 0.05) is 19.3 Å². The minimum Gasteiger partial charge on any atom is -0.339 e. The predicted octanol–water partition coefficient (Wildman–Crippen LogP) is 0.611. The summed E-state index contributed by atoms with van der Waals surface area (Å²) in [7, 11) is 0. The van der Waals surface area contributed by atoms with Crippen LogP contribution in [-0.2, 0) is 0 Å². The fourth-order valence-corrected chi connectivity index (χ4v) is 2.21.